The van der Waals surface area contributed by atoms with Crippen LogP contribution in [0.3, 0.4) is 0 Å². The molecule has 0 saturated heterocycles. The second-order valence-corrected chi connectivity index (χ2v) is 3.64. The number of aromatic nitrogens is 1. The summed E-state index contributed by atoms with van der Waals surface area (Å²) < 4.78 is 9.65. The van der Waals surface area contributed by atoms with Crippen molar-refractivity contribution in [2.24, 2.45) is 5.92 Å². The van der Waals surface area contributed by atoms with Crippen LogP contribution in [0.1, 0.15) is 18.5 Å². The van der Waals surface area contributed by atoms with E-state index < -0.39 is 17.3 Å². The van der Waals surface area contributed by atoms with E-state index in [1.165, 1.54) is 20.3 Å². The second-order valence-electron chi connectivity index (χ2n) is 3.64. The molecule has 0 aliphatic carbocycles. The number of esters is 1. The molecule has 1 unspecified atom stereocenters. The van der Waals surface area contributed by atoms with Crippen LogP contribution in [0.4, 0.5) is 0 Å². The lowest BCUT2D eigenvalue weighted by Crippen LogP contribution is -2.40. The summed E-state index contributed by atoms with van der Waals surface area (Å²) in [7, 11) is 1.19. The van der Waals surface area contributed by atoms with E-state index >= 15 is 0 Å². The van der Waals surface area contributed by atoms with Gasteiger partial charge in [0.15, 0.2) is 11.8 Å². The Balaban J connectivity index is 3.36. The number of methoxy groups -OCH3 is 1. The van der Waals surface area contributed by atoms with Gasteiger partial charge in [-0.15, -0.1) is 0 Å². The lowest BCUT2D eigenvalue weighted by atomic mass is 9.76. The van der Waals surface area contributed by atoms with Crippen LogP contribution in [0.5, 0.6) is 0 Å². The Kier molecular flexibility index (Phi) is 3.49. The average Bonchev–Trinajstić information content (AvgIpc) is 2.76. The highest BCUT2D eigenvalue weighted by molar-refractivity contribution is 5.83. The highest BCUT2D eigenvalue weighted by Gasteiger charge is 2.47. The number of rotatable bonds is 3. The van der Waals surface area contributed by atoms with Crippen molar-refractivity contribution in [3.8, 4) is 12.1 Å². The van der Waals surface area contributed by atoms with Gasteiger partial charge in [-0.25, -0.2) is 4.98 Å². The van der Waals surface area contributed by atoms with Crippen LogP contribution in [0.2, 0.25) is 0 Å². The van der Waals surface area contributed by atoms with Gasteiger partial charge in [-0.2, -0.15) is 10.5 Å². The van der Waals surface area contributed by atoms with E-state index in [-0.39, 0.29) is 5.69 Å². The van der Waals surface area contributed by atoms with Gasteiger partial charge in [0, 0.05) is 6.92 Å². The Morgan fingerprint density at radius 1 is 1.59 bits per heavy atom. The average molecular weight is 233 g/mol. The standard InChI is InChI=1S/C11H11N3O3/c1-7-14-9(6-17-7)11(2,10(15)16-3)8(4-12)5-13/h6,8H,1-3H3. The van der Waals surface area contributed by atoms with Gasteiger partial charge in [0.25, 0.3) is 0 Å². The van der Waals surface area contributed by atoms with Crippen molar-refractivity contribution >= 4 is 5.97 Å². The van der Waals surface area contributed by atoms with E-state index in [2.05, 4.69) is 9.72 Å². The van der Waals surface area contributed by atoms with E-state index in [9.17, 15) is 4.79 Å². The first-order valence-electron chi connectivity index (χ1n) is 4.81. The molecule has 0 aliphatic rings. The first-order chi connectivity index (χ1) is 8.00. The summed E-state index contributed by atoms with van der Waals surface area (Å²) in [5.41, 5.74) is -1.23. The maximum Gasteiger partial charge on any atom is 0.320 e. The highest BCUT2D eigenvalue weighted by Crippen LogP contribution is 2.32. The van der Waals surface area contributed by atoms with E-state index in [1.807, 2.05) is 0 Å². The Labute approximate surface area is 98.4 Å². The smallest absolute Gasteiger partial charge is 0.320 e. The monoisotopic (exact) mass is 233 g/mol. The van der Waals surface area contributed by atoms with E-state index in [0.29, 0.717) is 5.89 Å². The molecule has 0 spiro atoms. The fraction of sp³-hybridized carbons (Fsp3) is 0.455. The van der Waals surface area contributed by atoms with Gasteiger partial charge < -0.3 is 9.15 Å². The molecule has 1 rings (SSSR count). The number of carbonyl (C=O) groups excluding carboxylic acids is 1. The molecule has 88 valence electrons. The zero-order valence-corrected chi connectivity index (χ0v) is 9.72. The molecule has 1 aromatic rings. The van der Waals surface area contributed by atoms with Crippen LogP contribution in [0.25, 0.3) is 0 Å². The third kappa shape index (κ3) is 1.98. The number of hydrogen-bond donors (Lipinski definition) is 0. The van der Waals surface area contributed by atoms with Crippen molar-refractivity contribution in [1.82, 2.24) is 4.98 Å². The number of oxazole rings is 1. The van der Waals surface area contributed by atoms with E-state index in [4.69, 9.17) is 14.9 Å². The Morgan fingerprint density at radius 2 is 2.18 bits per heavy atom. The number of aryl methyl sites for hydroxylation is 1. The quantitative estimate of drug-likeness (QED) is 0.724. The molecule has 0 amide bonds. The summed E-state index contributed by atoms with van der Waals surface area (Å²) >= 11 is 0. The van der Waals surface area contributed by atoms with Crippen LogP contribution in [-0.2, 0) is 14.9 Å². The van der Waals surface area contributed by atoms with Crippen molar-refractivity contribution in [1.29, 1.82) is 10.5 Å². The zero-order chi connectivity index (χ0) is 13.1. The minimum absolute atomic E-state index is 0.218. The molecule has 17 heavy (non-hydrogen) atoms. The summed E-state index contributed by atoms with van der Waals surface area (Å²) in [6.45, 7) is 3.04. The number of nitrogens with zero attached hydrogens (tertiary/aromatic N) is 3. The van der Waals surface area contributed by atoms with Crippen LogP contribution in [0, 0.1) is 35.5 Å². The van der Waals surface area contributed by atoms with Crippen molar-refractivity contribution in [3.63, 3.8) is 0 Å². The largest absolute Gasteiger partial charge is 0.468 e. The van der Waals surface area contributed by atoms with Crippen molar-refractivity contribution in [3.05, 3.63) is 17.8 Å². The second kappa shape index (κ2) is 4.67. The lowest BCUT2D eigenvalue weighted by Gasteiger charge is -2.24. The predicted octanol–water partition coefficient (Wildman–Crippen LogP) is 1.08. The van der Waals surface area contributed by atoms with E-state index in [1.54, 1.807) is 19.1 Å². The van der Waals surface area contributed by atoms with Gasteiger partial charge in [-0.1, -0.05) is 0 Å². The molecule has 0 bridgehead atoms. The summed E-state index contributed by atoms with van der Waals surface area (Å²) in [4.78, 5) is 15.8. The van der Waals surface area contributed by atoms with Crippen molar-refractivity contribution in [2.75, 3.05) is 7.11 Å². The van der Waals surface area contributed by atoms with Gasteiger partial charge in [-0.05, 0) is 6.92 Å². The summed E-state index contributed by atoms with van der Waals surface area (Å²) in [6, 6.07) is 3.54. The summed E-state index contributed by atoms with van der Waals surface area (Å²) in [6.07, 6.45) is 1.26. The topological polar surface area (TPSA) is 99.9 Å². The number of ether oxygens (including phenoxy) is 1. The minimum Gasteiger partial charge on any atom is -0.468 e. The van der Waals surface area contributed by atoms with Gasteiger partial charge in [-0.3, -0.25) is 4.79 Å². The lowest BCUT2D eigenvalue weighted by molar-refractivity contribution is -0.147. The molecule has 0 fully saturated rings. The Morgan fingerprint density at radius 3 is 2.53 bits per heavy atom. The first kappa shape index (κ1) is 12.7. The van der Waals surface area contributed by atoms with Crippen LogP contribution < -0.4 is 0 Å². The molecule has 6 nitrogen and oxygen atoms in total. The fourth-order valence-electron chi connectivity index (χ4n) is 1.47. The SMILES string of the molecule is COC(=O)C(C)(c1coc(C)n1)C(C#N)C#N. The highest BCUT2D eigenvalue weighted by atomic mass is 16.5. The molecule has 0 aliphatic heterocycles. The Bertz CT molecular complexity index is 495. The number of hydrogen-bond acceptors (Lipinski definition) is 6. The molecule has 0 radical (unpaired) electrons. The summed E-state index contributed by atoms with van der Waals surface area (Å²) in [5, 5.41) is 17.9. The van der Waals surface area contributed by atoms with Crippen LogP contribution in [-0.4, -0.2) is 18.1 Å². The fourth-order valence-corrected chi connectivity index (χ4v) is 1.47. The van der Waals surface area contributed by atoms with Crippen LogP contribution >= 0.6 is 0 Å². The molecular weight excluding hydrogens is 222 g/mol. The van der Waals surface area contributed by atoms with Crippen molar-refractivity contribution < 1.29 is 13.9 Å². The number of carbonyl (C=O) groups is 1. The third-order valence-corrected chi connectivity index (χ3v) is 2.60. The molecule has 6 heteroatoms. The normalized spacial score (nSPS) is 13.5. The zero-order valence-electron chi connectivity index (χ0n) is 9.72. The van der Waals surface area contributed by atoms with Gasteiger partial charge in [0.05, 0.1) is 24.9 Å². The molecule has 0 N–H and O–H groups in total. The molecule has 1 aromatic heterocycles. The maximum absolute atomic E-state index is 11.8. The molecular formula is C11H11N3O3. The predicted molar refractivity (Wildman–Crippen MR) is 55.3 cm³/mol. The molecule has 0 aromatic carbocycles. The summed E-state index contributed by atoms with van der Waals surface area (Å²) in [5.74, 6) is -1.54. The first-order valence-corrected chi connectivity index (χ1v) is 4.81. The van der Waals surface area contributed by atoms with E-state index in [0.717, 1.165) is 0 Å². The van der Waals surface area contributed by atoms with Crippen LogP contribution in [0.15, 0.2) is 10.7 Å². The van der Waals surface area contributed by atoms with Crippen molar-refractivity contribution in [2.45, 2.75) is 19.3 Å². The molecule has 1 atom stereocenters. The van der Waals surface area contributed by atoms with Gasteiger partial charge >= 0.3 is 5.97 Å². The van der Waals surface area contributed by atoms with Gasteiger partial charge in [0.1, 0.15) is 11.7 Å². The molecule has 0 saturated carbocycles. The number of nitriles is 2. The molecule has 1 heterocycles. The minimum atomic E-state index is -1.45. The maximum atomic E-state index is 11.8. The third-order valence-electron chi connectivity index (χ3n) is 2.60. The van der Waals surface area contributed by atoms with Gasteiger partial charge in [0.2, 0.25) is 0 Å². The Hall–Kier alpha value is -2.34.